The lowest BCUT2D eigenvalue weighted by Gasteiger charge is -2.35. The molecule has 3 nitrogen and oxygen atoms in total. The Morgan fingerprint density at radius 3 is 2.57 bits per heavy atom. The van der Waals surface area contributed by atoms with Crippen LogP contribution >= 0.6 is 0 Å². The normalized spacial score (nSPS) is 32.2. The van der Waals surface area contributed by atoms with Crippen molar-refractivity contribution in [3.05, 3.63) is 29.3 Å². The number of aliphatic hydroxyl groups is 1. The van der Waals surface area contributed by atoms with Gasteiger partial charge in [-0.1, -0.05) is 19.9 Å². The SMILES string of the molecule is Cc1cc(O[C@@H]2C[C@@H]3CNC[C@@H]3C[C@H]2O)cc(C(C)C)c1. The molecule has 3 rings (SSSR count). The van der Waals surface area contributed by atoms with Crippen LogP contribution in [-0.2, 0) is 0 Å². The van der Waals surface area contributed by atoms with Gasteiger partial charge in [-0.15, -0.1) is 0 Å². The van der Waals surface area contributed by atoms with E-state index >= 15 is 0 Å². The molecule has 0 aromatic heterocycles. The maximum absolute atomic E-state index is 10.4. The molecule has 1 aromatic rings. The summed E-state index contributed by atoms with van der Waals surface area (Å²) in [6, 6.07) is 6.42. The summed E-state index contributed by atoms with van der Waals surface area (Å²) in [7, 11) is 0. The first-order valence-electron chi connectivity index (χ1n) is 8.20. The second-order valence-electron chi connectivity index (χ2n) is 7.11. The van der Waals surface area contributed by atoms with Crippen molar-refractivity contribution in [2.24, 2.45) is 11.8 Å². The second-order valence-corrected chi connectivity index (χ2v) is 7.11. The highest BCUT2D eigenvalue weighted by Crippen LogP contribution is 2.35. The molecular formula is C18H27NO2. The molecule has 0 amide bonds. The molecule has 1 aliphatic carbocycles. The summed E-state index contributed by atoms with van der Waals surface area (Å²) in [5.74, 6) is 2.69. The molecule has 1 aliphatic heterocycles. The molecular weight excluding hydrogens is 262 g/mol. The first kappa shape index (κ1) is 14.9. The van der Waals surface area contributed by atoms with Crippen LogP contribution in [0.25, 0.3) is 0 Å². The Kier molecular flexibility index (Phi) is 4.23. The number of hydrogen-bond acceptors (Lipinski definition) is 3. The third kappa shape index (κ3) is 3.24. The molecule has 0 radical (unpaired) electrons. The highest BCUT2D eigenvalue weighted by Gasteiger charge is 2.39. The minimum atomic E-state index is -0.339. The van der Waals surface area contributed by atoms with Crippen LogP contribution in [0.3, 0.4) is 0 Å². The topological polar surface area (TPSA) is 41.5 Å². The van der Waals surface area contributed by atoms with Gasteiger partial charge in [-0.05, 0) is 73.9 Å². The number of ether oxygens (including phenoxy) is 1. The van der Waals surface area contributed by atoms with Gasteiger partial charge in [0, 0.05) is 0 Å². The lowest BCUT2D eigenvalue weighted by atomic mass is 9.78. The molecule has 3 heteroatoms. The average molecular weight is 289 g/mol. The van der Waals surface area contributed by atoms with Crippen LogP contribution in [0.2, 0.25) is 0 Å². The molecule has 2 N–H and O–H groups in total. The summed E-state index contributed by atoms with van der Waals surface area (Å²) >= 11 is 0. The first-order valence-corrected chi connectivity index (χ1v) is 8.20. The molecule has 116 valence electrons. The van der Waals surface area contributed by atoms with E-state index in [1.165, 1.54) is 11.1 Å². The van der Waals surface area contributed by atoms with E-state index in [0.29, 0.717) is 17.8 Å². The zero-order valence-corrected chi connectivity index (χ0v) is 13.3. The van der Waals surface area contributed by atoms with Crippen LogP contribution in [0.1, 0.15) is 43.7 Å². The summed E-state index contributed by atoms with van der Waals surface area (Å²) in [5.41, 5.74) is 2.53. The molecule has 1 saturated carbocycles. The number of fused-ring (bicyclic) bond motifs is 1. The second kappa shape index (κ2) is 5.98. The molecule has 1 aromatic carbocycles. The highest BCUT2D eigenvalue weighted by molar-refractivity contribution is 5.35. The Bertz CT molecular complexity index is 500. The maximum atomic E-state index is 10.4. The van der Waals surface area contributed by atoms with Crippen LogP contribution in [0.4, 0.5) is 0 Å². The zero-order valence-electron chi connectivity index (χ0n) is 13.3. The fraction of sp³-hybridized carbons (Fsp3) is 0.667. The van der Waals surface area contributed by atoms with Gasteiger partial charge in [-0.25, -0.2) is 0 Å². The van der Waals surface area contributed by atoms with E-state index in [-0.39, 0.29) is 12.2 Å². The predicted molar refractivity (Wildman–Crippen MR) is 84.8 cm³/mol. The lowest BCUT2D eigenvalue weighted by Crippen LogP contribution is -2.42. The molecule has 2 fully saturated rings. The van der Waals surface area contributed by atoms with Crippen molar-refractivity contribution in [3.63, 3.8) is 0 Å². The summed E-state index contributed by atoms with van der Waals surface area (Å²) in [6.45, 7) is 8.62. The van der Waals surface area contributed by atoms with Crippen molar-refractivity contribution in [1.82, 2.24) is 5.32 Å². The highest BCUT2D eigenvalue weighted by atomic mass is 16.5. The van der Waals surface area contributed by atoms with E-state index < -0.39 is 0 Å². The van der Waals surface area contributed by atoms with Gasteiger partial charge < -0.3 is 15.2 Å². The summed E-state index contributed by atoms with van der Waals surface area (Å²) in [6.07, 6.45) is 1.43. The van der Waals surface area contributed by atoms with Gasteiger partial charge in [-0.3, -0.25) is 0 Å². The number of nitrogens with one attached hydrogen (secondary N) is 1. The quantitative estimate of drug-likeness (QED) is 0.899. The monoisotopic (exact) mass is 289 g/mol. The number of aliphatic hydroxyl groups excluding tert-OH is 1. The maximum Gasteiger partial charge on any atom is 0.125 e. The zero-order chi connectivity index (χ0) is 15.0. The van der Waals surface area contributed by atoms with Gasteiger partial charge in [0.15, 0.2) is 0 Å². The van der Waals surface area contributed by atoms with E-state index in [1.807, 2.05) is 0 Å². The minimum absolute atomic E-state index is 0.0621. The van der Waals surface area contributed by atoms with Crippen LogP contribution in [0.5, 0.6) is 5.75 Å². The van der Waals surface area contributed by atoms with Crippen LogP contribution < -0.4 is 10.1 Å². The molecule has 1 saturated heterocycles. The van der Waals surface area contributed by atoms with Gasteiger partial charge in [-0.2, -0.15) is 0 Å². The van der Waals surface area contributed by atoms with Crippen LogP contribution in [0, 0.1) is 18.8 Å². The minimum Gasteiger partial charge on any atom is -0.488 e. The number of hydrogen-bond donors (Lipinski definition) is 2. The molecule has 4 atom stereocenters. The van der Waals surface area contributed by atoms with Crippen molar-refractivity contribution >= 4 is 0 Å². The van der Waals surface area contributed by atoms with E-state index in [2.05, 4.69) is 44.3 Å². The van der Waals surface area contributed by atoms with Gasteiger partial charge in [0.1, 0.15) is 11.9 Å². The average Bonchev–Trinajstić information content (AvgIpc) is 2.85. The fourth-order valence-corrected chi connectivity index (χ4v) is 3.74. The van der Waals surface area contributed by atoms with Gasteiger partial charge in [0.25, 0.3) is 0 Å². The van der Waals surface area contributed by atoms with Crippen molar-refractivity contribution in [2.45, 2.75) is 51.7 Å². The van der Waals surface area contributed by atoms with E-state index in [4.69, 9.17) is 4.74 Å². The lowest BCUT2D eigenvalue weighted by molar-refractivity contribution is -0.0232. The standard InChI is InChI=1S/C18H27NO2/c1-11(2)13-4-12(3)5-16(6-13)21-18-8-15-10-19-9-14(15)7-17(18)20/h4-6,11,14-15,17-20H,7-10H2,1-3H3/t14-,15+,17+,18+/m0/s1. The summed E-state index contributed by atoms with van der Waals surface area (Å²) < 4.78 is 6.17. The molecule has 0 unspecified atom stereocenters. The fourth-order valence-electron chi connectivity index (χ4n) is 3.74. The number of benzene rings is 1. The molecule has 0 spiro atoms. The van der Waals surface area contributed by atoms with Crippen molar-refractivity contribution in [3.8, 4) is 5.75 Å². The summed E-state index contributed by atoms with van der Waals surface area (Å²) in [4.78, 5) is 0. The third-order valence-corrected chi connectivity index (χ3v) is 5.02. The Morgan fingerprint density at radius 1 is 1.14 bits per heavy atom. The Hall–Kier alpha value is -1.06. The van der Waals surface area contributed by atoms with Gasteiger partial charge >= 0.3 is 0 Å². The molecule has 2 aliphatic rings. The van der Waals surface area contributed by atoms with E-state index in [9.17, 15) is 5.11 Å². The molecule has 0 bridgehead atoms. The van der Waals surface area contributed by atoms with Crippen LogP contribution in [0.15, 0.2) is 18.2 Å². The predicted octanol–water partition coefficient (Wildman–Crippen LogP) is 2.86. The number of aryl methyl sites for hydroxylation is 1. The smallest absolute Gasteiger partial charge is 0.125 e. The Labute approximate surface area is 127 Å². The van der Waals surface area contributed by atoms with E-state index in [0.717, 1.165) is 31.7 Å². The Morgan fingerprint density at radius 2 is 1.86 bits per heavy atom. The van der Waals surface area contributed by atoms with Crippen molar-refractivity contribution in [1.29, 1.82) is 0 Å². The third-order valence-electron chi connectivity index (χ3n) is 5.02. The number of rotatable bonds is 3. The largest absolute Gasteiger partial charge is 0.488 e. The van der Waals surface area contributed by atoms with Gasteiger partial charge in [0.2, 0.25) is 0 Å². The van der Waals surface area contributed by atoms with Crippen molar-refractivity contribution in [2.75, 3.05) is 13.1 Å². The Balaban J connectivity index is 1.73. The van der Waals surface area contributed by atoms with Gasteiger partial charge in [0.05, 0.1) is 6.10 Å². The van der Waals surface area contributed by atoms with Crippen LogP contribution in [-0.4, -0.2) is 30.4 Å². The molecule has 1 heterocycles. The van der Waals surface area contributed by atoms with Crippen molar-refractivity contribution < 1.29 is 9.84 Å². The first-order chi connectivity index (χ1) is 10.0. The summed E-state index contributed by atoms with van der Waals surface area (Å²) in [5, 5.41) is 13.8. The molecule has 21 heavy (non-hydrogen) atoms. The van der Waals surface area contributed by atoms with E-state index in [1.54, 1.807) is 0 Å².